The summed E-state index contributed by atoms with van der Waals surface area (Å²) in [6.07, 6.45) is 1.46. The van der Waals surface area contributed by atoms with Gasteiger partial charge in [0, 0.05) is 12.5 Å². The molecule has 1 heterocycles. The normalized spacial score (nSPS) is 15.9. The summed E-state index contributed by atoms with van der Waals surface area (Å²) < 4.78 is 0. The predicted molar refractivity (Wildman–Crippen MR) is 112 cm³/mol. The van der Waals surface area contributed by atoms with Gasteiger partial charge in [-0.1, -0.05) is 42.5 Å². The minimum Gasteiger partial charge on any atom is -0.352 e. The number of hydrogen-bond acceptors (Lipinski definition) is 4. The van der Waals surface area contributed by atoms with Crippen LogP contribution in [-0.2, 0) is 16.1 Å². The first-order valence-corrected chi connectivity index (χ1v) is 9.94. The van der Waals surface area contributed by atoms with E-state index >= 15 is 0 Å². The van der Waals surface area contributed by atoms with E-state index in [-0.39, 0.29) is 23.8 Å². The molecule has 6 heteroatoms. The maximum Gasteiger partial charge on any atom is 0.241 e. The molecule has 1 atom stereocenters. The summed E-state index contributed by atoms with van der Waals surface area (Å²) in [7, 11) is 0. The van der Waals surface area contributed by atoms with Crippen molar-refractivity contribution < 1.29 is 9.59 Å². The molecule has 6 nitrogen and oxygen atoms in total. The number of nitriles is 1. The molecule has 0 saturated carbocycles. The lowest BCUT2D eigenvalue weighted by molar-refractivity contribution is -0.127. The zero-order valence-corrected chi connectivity index (χ0v) is 16.6. The molecule has 1 unspecified atom stereocenters. The standard InChI is InChI=1S/C23H26N4O2/c1-17(22(28)26-21-10-6-5-9-20(21)15-24)27-13-11-19(12-14-27)23(29)25-16-18-7-3-2-4-8-18/h2-10,17,19H,11-14,16H2,1H3,(H,25,29)(H,26,28). The van der Waals surface area contributed by atoms with Crippen LogP contribution in [0.2, 0.25) is 0 Å². The van der Waals surface area contributed by atoms with Crippen LogP contribution < -0.4 is 10.6 Å². The quantitative estimate of drug-likeness (QED) is 0.794. The smallest absolute Gasteiger partial charge is 0.241 e. The zero-order chi connectivity index (χ0) is 20.6. The molecule has 150 valence electrons. The van der Waals surface area contributed by atoms with Crippen molar-refractivity contribution in [1.82, 2.24) is 10.2 Å². The fourth-order valence-electron chi connectivity index (χ4n) is 3.57. The van der Waals surface area contributed by atoms with Crippen molar-refractivity contribution in [2.45, 2.75) is 32.4 Å². The highest BCUT2D eigenvalue weighted by atomic mass is 16.2. The number of nitrogens with zero attached hydrogens (tertiary/aromatic N) is 2. The van der Waals surface area contributed by atoms with Crippen LogP contribution in [0.25, 0.3) is 0 Å². The van der Waals surface area contributed by atoms with Crippen molar-refractivity contribution in [3.8, 4) is 6.07 Å². The minimum atomic E-state index is -0.324. The first-order valence-electron chi connectivity index (χ1n) is 9.94. The molecular weight excluding hydrogens is 364 g/mol. The minimum absolute atomic E-state index is 0.0236. The Hall–Kier alpha value is -3.17. The largest absolute Gasteiger partial charge is 0.352 e. The van der Waals surface area contributed by atoms with E-state index in [9.17, 15) is 9.59 Å². The van der Waals surface area contributed by atoms with Crippen molar-refractivity contribution in [1.29, 1.82) is 5.26 Å². The van der Waals surface area contributed by atoms with Crippen LogP contribution in [0.1, 0.15) is 30.9 Å². The topological polar surface area (TPSA) is 85.2 Å². The number of nitrogens with one attached hydrogen (secondary N) is 2. The Labute approximate surface area is 171 Å². The molecule has 0 spiro atoms. The van der Waals surface area contributed by atoms with Crippen molar-refractivity contribution in [2.75, 3.05) is 18.4 Å². The average molecular weight is 390 g/mol. The Morgan fingerprint density at radius 2 is 1.76 bits per heavy atom. The van der Waals surface area contributed by atoms with Gasteiger partial charge in [0.25, 0.3) is 0 Å². The molecule has 1 aliphatic heterocycles. The number of anilines is 1. The molecule has 2 N–H and O–H groups in total. The van der Waals surface area contributed by atoms with E-state index in [0.29, 0.717) is 30.9 Å². The van der Waals surface area contributed by atoms with Gasteiger partial charge in [0.05, 0.1) is 17.3 Å². The van der Waals surface area contributed by atoms with Gasteiger partial charge >= 0.3 is 0 Å². The maximum absolute atomic E-state index is 12.6. The molecule has 0 aliphatic carbocycles. The van der Waals surface area contributed by atoms with Crippen molar-refractivity contribution in [2.24, 2.45) is 5.92 Å². The van der Waals surface area contributed by atoms with Gasteiger partial charge in [-0.25, -0.2) is 0 Å². The average Bonchev–Trinajstić information content (AvgIpc) is 2.78. The lowest BCUT2D eigenvalue weighted by Crippen LogP contribution is -2.48. The van der Waals surface area contributed by atoms with Gasteiger partial charge in [-0.2, -0.15) is 5.26 Å². The zero-order valence-electron chi connectivity index (χ0n) is 16.6. The molecule has 0 aromatic heterocycles. The van der Waals surface area contributed by atoms with E-state index in [1.54, 1.807) is 24.3 Å². The molecule has 3 rings (SSSR count). The molecule has 2 aromatic carbocycles. The second-order valence-corrected chi connectivity index (χ2v) is 7.34. The number of carbonyl (C=O) groups is 2. The van der Waals surface area contributed by atoms with Crippen LogP contribution in [0.5, 0.6) is 0 Å². The van der Waals surface area contributed by atoms with Crippen molar-refractivity contribution in [3.63, 3.8) is 0 Å². The van der Waals surface area contributed by atoms with Crippen LogP contribution in [0.4, 0.5) is 5.69 Å². The van der Waals surface area contributed by atoms with E-state index in [1.807, 2.05) is 37.3 Å². The number of hydrogen-bond donors (Lipinski definition) is 2. The Morgan fingerprint density at radius 1 is 1.10 bits per heavy atom. The highest BCUT2D eigenvalue weighted by Crippen LogP contribution is 2.21. The van der Waals surface area contributed by atoms with Gasteiger partial charge in [0.15, 0.2) is 0 Å². The summed E-state index contributed by atoms with van der Waals surface area (Å²) in [5, 5.41) is 15.0. The first-order chi connectivity index (χ1) is 14.1. The lowest BCUT2D eigenvalue weighted by Gasteiger charge is -2.34. The van der Waals surface area contributed by atoms with Gasteiger partial charge in [0.2, 0.25) is 11.8 Å². The molecule has 2 amide bonds. The van der Waals surface area contributed by atoms with Crippen LogP contribution in [0.15, 0.2) is 54.6 Å². The third-order valence-corrected chi connectivity index (χ3v) is 5.44. The molecule has 0 bridgehead atoms. The fraction of sp³-hybridized carbons (Fsp3) is 0.348. The van der Waals surface area contributed by atoms with E-state index in [2.05, 4.69) is 21.6 Å². The molecule has 2 aromatic rings. The molecule has 0 radical (unpaired) electrons. The fourth-order valence-corrected chi connectivity index (χ4v) is 3.57. The molecular formula is C23H26N4O2. The highest BCUT2D eigenvalue weighted by Gasteiger charge is 2.29. The maximum atomic E-state index is 12.6. The summed E-state index contributed by atoms with van der Waals surface area (Å²) in [5.41, 5.74) is 2.06. The SMILES string of the molecule is CC(C(=O)Nc1ccccc1C#N)N1CCC(C(=O)NCc2ccccc2)CC1. The van der Waals surface area contributed by atoms with Crippen LogP contribution >= 0.6 is 0 Å². The second kappa shape index (κ2) is 9.85. The van der Waals surface area contributed by atoms with E-state index in [4.69, 9.17) is 5.26 Å². The molecule has 1 aliphatic rings. The Morgan fingerprint density at radius 3 is 2.45 bits per heavy atom. The molecule has 1 fully saturated rings. The summed E-state index contributed by atoms with van der Waals surface area (Å²) in [6, 6.07) is 18.6. The van der Waals surface area contributed by atoms with Gasteiger partial charge in [-0.3, -0.25) is 14.5 Å². The number of amides is 2. The monoisotopic (exact) mass is 390 g/mol. The van der Waals surface area contributed by atoms with Crippen molar-refractivity contribution >= 4 is 17.5 Å². The van der Waals surface area contributed by atoms with Gasteiger partial charge in [-0.15, -0.1) is 0 Å². The van der Waals surface area contributed by atoms with Crippen LogP contribution in [0.3, 0.4) is 0 Å². The molecule has 29 heavy (non-hydrogen) atoms. The number of rotatable bonds is 6. The number of benzene rings is 2. The predicted octanol–water partition coefficient (Wildman–Crippen LogP) is 2.91. The summed E-state index contributed by atoms with van der Waals surface area (Å²) in [6.45, 7) is 3.78. The highest BCUT2D eigenvalue weighted by molar-refractivity contribution is 5.95. The second-order valence-electron chi connectivity index (χ2n) is 7.34. The number of piperidine rings is 1. The first kappa shape index (κ1) is 20.6. The van der Waals surface area contributed by atoms with Gasteiger partial charge < -0.3 is 10.6 Å². The van der Waals surface area contributed by atoms with E-state index in [1.165, 1.54) is 0 Å². The number of likely N-dealkylation sites (tertiary alicyclic amines) is 1. The third-order valence-electron chi connectivity index (χ3n) is 5.44. The lowest BCUT2D eigenvalue weighted by atomic mass is 9.94. The summed E-state index contributed by atoms with van der Waals surface area (Å²) in [5.74, 6) is -0.0854. The van der Waals surface area contributed by atoms with Crippen molar-refractivity contribution in [3.05, 3.63) is 65.7 Å². The number of carbonyl (C=O) groups excluding carboxylic acids is 2. The van der Waals surface area contributed by atoms with Gasteiger partial charge in [-0.05, 0) is 50.6 Å². The van der Waals surface area contributed by atoms with Gasteiger partial charge in [0.1, 0.15) is 6.07 Å². The molecule has 1 saturated heterocycles. The Bertz CT molecular complexity index is 883. The van der Waals surface area contributed by atoms with Crippen LogP contribution in [0, 0.1) is 17.2 Å². The Balaban J connectivity index is 1.47. The summed E-state index contributed by atoms with van der Waals surface area (Å²) >= 11 is 0. The van der Waals surface area contributed by atoms with E-state index in [0.717, 1.165) is 18.4 Å². The summed E-state index contributed by atoms with van der Waals surface area (Å²) in [4.78, 5) is 27.2. The Kier molecular flexibility index (Phi) is 6.99. The third kappa shape index (κ3) is 5.43. The van der Waals surface area contributed by atoms with E-state index < -0.39 is 0 Å². The number of para-hydroxylation sites is 1. The van der Waals surface area contributed by atoms with Crippen LogP contribution in [-0.4, -0.2) is 35.8 Å².